The van der Waals surface area contributed by atoms with Gasteiger partial charge in [-0.25, -0.2) is 9.59 Å². The molecule has 0 saturated carbocycles. The molecule has 1 heterocycles. The summed E-state index contributed by atoms with van der Waals surface area (Å²) < 4.78 is 20.4. The van der Waals surface area contributed by atoms with E-state index in [0.29, 0.717) is 19.8 Å². The minimum atomic E-state index is -0.578. The lowest BCUT2D eigenvalue weighted by molar-refractivity contribution is 0.0318. The molecule has 7 heteroatoms. The number of esters is 2. The van der Waals surface area contributed by atoms with Crippen molar-refractivity contribution in [1.29, 1.82) is 0 Å². The Bertz CT molecular complexity index is 532. The molecule has 1 aromatic heterocycles. The molecule has 0 radical (unpaired) electrons. The Morgan fingerprint density at radius 1 is 1.00 bits per heavy atom. The van der Waals surface area contributed by atoms with Gasteiger partial charge in [-0.2, -0.15) is 0 Å². The third-order valence-corrected chi connectivity index (χ3v) is 2.72. The Kier molecular flexibility index (Phi) is 10.1. The molecular formula is C17H23NO6. The highest BCUT2D eigenvalue weighted by Crippen LogP contribution is 2.06. The van der Waals surface area contributed by atoms with Crippen molar-refractivity contribution in [3.05, 3.63) is 42.2 Å². The van der Waals surface area contributed by atoms with Gasteiger partial charge < -0.3 is 18.9 Å². The molecule has 0 amide bonds. The summed E-state index contributed by atoms with van der Waals surface area (Å²) in [7, 11) is 0. The van der Waals surface area contributed by atoms with Gasteiger partial charge in [0.25, 0.3) is 0 Å². The van der Waals surface area contributed by atoms with Crippen molar-refractivity contribution < 1.29 is 28.5 Å². The number of carbonyl (C=O) groups excluding carboxylic acids is 2. The molecular weight excluding hydrogens is 314 g/mol. The maximum absolute atomic E-state index is 11.9. The molecule has 24 heavy (non-hydrogen) atoms. The molecule has 0 bridgehead atoms. The van der Waals surface area contributed by atoms with Gasteiger partial charge in [0.1, 0.15) is 13.2 Å². The van der Waals surface area contributed by atoms with E-state index >= 15 is 0 Å². The normalized spacial score (nSPS) is 10.2. The number of ether oxygens (including phenoxy) is 4. The van der Waals surface area contributed by atoms with Crippen molar-refractivity contribution in [3.8, 4) is 0 Å². The zero-order valence-electron chi connectivity index (χ0n) is 13.9. The molecule has 0 aliphatic carbocycles. The highest BCUT2D eigenvalue weighted by molar-refractivity contribution is 5.94. The Morgan fingerprint density at radius 2 is 1.58 bits per heavy atom. The number of hydrogen-bond acceptors (Lipinski definition) is 7. The lowest BCUT2D eigenvalue weighted by atomic mass is 10.2. The van der Waals surface area contributed by atoms with Crippen LogP contribution in [0.2, 0.25) is 0 Å². The van der Waals surface area contributed by atoms with Crippen LogP contribution in [0, 0.1) is 0 Å². The topological polar surface area (TPSA) is 84.0 Å². The molecule has 7 nitrogen and oxygen atoms in total. The zero-order valence-corrected chi connectivity index (χ0v) is 13.9. The highest BCUT2D eigenvalue weighted by Gasteiger charge is 2.13. The summed E-state index contributed by atoms with van der Waals surface area (Å²) in [5.74, 6) is -1.14. The number of rotatable bonds is 12. The molecule has 0 spiro atoms. The van der Waals surface area contributed by atoms with Crippen LogP contribution < -0.4 is 0 Å². The van der Waals surface area contributed by atoms with Crippen LogP contribution in [0.25, 0.3) is 0 Å². The molecule has 0 N–H and O–H groups in total. The average molecular weight is 337 g/mol. The van der Waals surface area contributed by atoms with Crippen LogP contribution in [0.3, 0.4) is 0 Å². The highest BCUT2D eigenvalue weighted by atomic mass is 16.6. The SMILES string of the molecule is C=CCOCCOC(=O)c1cncc(C(=O)OCCOCCC)c1. The van der Waals surface area contributed by atoms with Crippen molar-refractivity contribution in [3.63, 3.8) is 0 Å². The molecule has 0 saturated heterocycles. The van der Waals surface area contributed by atoms with Gasteiger partial charge in [0.2, 0.25) is 0 Å². The summed E-state index contributed by atoms with van der Waals surface area (Å²) in [6, 6.07) is 1.38. The lowest BCUT2D eigenvalue weighted by Crippen LogP contribution is -2.14. The number of carbonyl (C=O) groups is 2. The maximum atomic E-state index is 11.9. The van der Waals surface area contributed by atoms with Crippen molar-refractivity contribution >= 4 is 11.9 Å². The second-order valence-corrected chi connectivity index (χ2v) is 4.71. The molecule has 0 aromatic carbocycles. The van der Waals surface area contributed by atoms with Crippen LogP contribution in [-0.2, 0) is 18.9 Å². The van der Waals surface area contributed by atoms with E-state index in [-0.39, 0.29) is 30.9 Å². The molecule has 0 fully saturated rings. The molecule has 1 aromatic rings. The van der Waals surface area contributed by atoms with Crippen LogP contribution in [0.4, 0.5) is 0 Å². The van der Waals surface area contributed by atoms with E-state index in [1.807, 2.05) is 6.92 Å². The lowest BCUT2D eigenvalue weighted by Gasteiger charge is -2.07. The van der Waals surface area contributed by atoms with Gasteiger partial charge >= 0.3 is 11.9 Å². The smallest absolute Gasteiger partial charge is 0.339 e. The summed E-state index contributed by atoms with van der Waals surface area (Å²) in [6.45, 7) is 7.37. The van der Waals surface area contributed by atoms with Gasteiger partial charge in [-0.3, -0.25) is 4.98 Å². The average Bonchev–Trinajstić information content (AvgIpc) is 2.61. The number of nitrogens with zero attached hydrogens (tertiary/aromatic N) is 1. The molecule has 0 aliphatic rings. The molecule has 0 aliphatic heterocycles. The minimum Gasteiger partial charge on any atom is -0.460 e. The van der Waals surface area contributed by atoms with Gasteiger partial charge in [-0.05, 0) is 12.5 Å². The predicted molar refractivity (Wildman–Crippen MR) is 86.9 cm³/mol. The minimum absolute atomic E-state index is 0.107. The molecule has 0 atom stereocenters. The predicted octanol–water partition coefficient (Wildman–Crippen LogP) is 2.02. The van der Waals surface area contributed by atoms with E-state index in [4.69, 9.17) is 18.9 Å². The molecule has 132 valence electrons. The molecule has 0 unspecified atom stereocenters. The summed E-state index contributed by atoms with van der Waals surface area (Å²) >= 11 is 0. The summed E-state index contributed by atoms with van der Waals surface area (Å²) in [6.07, 6.45) is 5.17. The van der Waals surface area contributed by atoms with Gasteiger partial charge in [-0.15, -0.1) is 6.58 Å². The van der Waals surface area contributed by atoms with Crippen molar-refractivity contribution in [1.82, 2.24) is 4.98 Å². The first-order valence-corrected chi connectivity index (χ1v) is 7.74. The van der Waals surface area contributed by atoms with Crippen LogP contribution in [0.15, 0.2) is 31.1 Å². The Labute approximate surface area is 141 Å². The van der Waals surface area contributed by atoms with Crippen LogP contribution in [0.5, 0.6) is 0 Å². The Morgan fingerprint density at radius 3 is 2.12 bits per heavy atom. The molecule has 1 rings (SSSR count). The monoisotopic (exact) mass is 337 g/mol. The van der Waals surface area contributed by atoms with E-state index in [9.17, 15) is 9.59 Å². The number of pyridine rings is 1. The fraction of sp³-hybridized carbons (Fsp3) is 0.471. The fourth-order valence-corrected chi connectivity index (χ4v) is 1.63. The zero-order chi connectivity index (χ0) is 17.6. The maximum Gasteiger partial charge on any atom is 0.339 e. The van der Waals surface area contributed by atoms with Crippen molar-refractivity contribution in [2.45, 2.75) is 13.3 Å². The van der Waals surface area contributed by atoms with E-state index in [0.717, 1.165) is 6.42 Å². The first-order valence-electron chi connectivity index (χ1n) is 7.74. The Hall–Kier alpha value is -2.25. The van der Waals surface area contributed by atoms with Crippen molar-refractivity contribution in [2.75, 3.05) is 39.6 Å². The van der Waals surface area contributed by atoms with E-state index in [1.165, 1.54) is 18.5 Å². The summed E-state index contributed by atoms with van der Waals surface area (Å²) in [5, 5.41) is 0. The van der Waals surface area contributed by atoms with Crippen LogP contribution in [0.1, 0.15) is 34.1 Å². The number of hydrogen-bond donors (Lipinski definition) is 0. The third-order valence-electron chi connectivity index (χ3n) is 2.72. The second kappa shape index (κ2) is 12.2. The summed E-state index contributed by atoms with van der Waals surface area (Å²) in [4.78, 5) is 27.6. The largest absolute Gasteiger partial charge is 0.460 e. The second-order valence-electron chi connectivity index (χ2n) is 4.71. The number of aromatic nitrogens is 1. The van der Waals surface area contributed by atoms with Gasteiger partial charge in [0.05, 0.1) is 30.9 Å². The van der Waals surface area contributed by atoms with E-state index in [1.54, 1.807) is 6.08 Å². The van der Waals surface area contributed by atoms with Gasteiger partial charge in [0.15, 0.2) is 0 Å². The standard InChI is InChI=1S/C17H23NO6/c1-3-5-21-7-9-23-16(19)14-11-15(13-18-12-14)17(20)24-10-8-22-6-4-2/h3,11-13H,1,4-10H2,2H3. The van der Waals surface area contributed by atoms with Gasteiger partial charge in [0, 0.05) is 19.0 Å². The van der Waals surface area contributed by atoms with Gasteiger partial charge in [-0.1, -0.05) is 13.0 Å². The first kappa shape index (κ1) is 19.8. The fourth-order valence-electron chi connectivity index (χ4n) is 1.63. The van der Waals surface area contributed by atoms with Crippen LogP contribution >= 0.6 is 0 Å². The van der Waals surface area contributed by atoms with Crippen molar-refractivity contribution in [2.24, 2.45) is 0 Å². The third kappa shape index (κ3) is 7.85. The summed E-state index contributed by atoms with van der Waals surface area (Å²) in [5.41, 5.74) is 0.359. The first-order chi connectivity index (χ1) is 11.7. The Balaban J connectivity index is 2.42. The van der Waals surface area contributed by atoms with E-state index in [2.05, 4.69) is 11.6 Å². The van der Waals surface area contributed by atoms with Crippen LogP contribution in [-0.4, -0.2) is 56.6 Å². The van der Waals surface area contributed by atoms with E-state index < -0.39 is 11.9 Å². The quantitative estimate of drug-likeness (QED) is 0.328.